The summed E-state index contributed by atoms with van der Waals surface area (Å²) in [5.74, 6) is -1.55. The van der Waals surface area contributed by atoms with Crippen molar-refractivity contribution in [3.05, 3.63) is 64.7 Å². The number of aryl methyl sites for hydroxylation is 1. The lowest BCUT2D eigenvalue weighted by Gasteiger charge is -2.20. The van der Waals surface area contributed by atoms with Crippen molar-refractivity contribution in [2.45, 2.75) is 32.2 Å². The average Bonchev–Trinajstić information content (AvgIpc) is 2.49. The number of rotatable bonds is 3. The maximum absolute atomic E-state index is 13.6. The molecule has 0 amide bonds. The van der Waals surface area contributed by atoms with Gasteiger partial charge in [-0.2, -0.15) is 0 Å². The number of anilines is 1. The van der Waals surface area contributed by atoms with E-state index in [1.54, 1.807) is 6.07 Å². The van der Waals surface area contributed by atoms with E-state index in [2.05, 4.69) is 11.4 Å². The standard InChI is InChI=1S/C17H17F2N/c18-15-9-3-7-13(17(15)19)11-20-16-10-4-6-12-5-1-2-8-14(12)16/h3-4,6-7,9-10,20H,1-2,5,8,11H2. The fourth-order valence-electron chi connectivity index (χ4n) is 2.82. The highest BCUT2D eigenvalue weighted by Crippen LogP contribution is 2.28. The van der Waals surface area contributed by atoms with Gasteiger partial charge in [-0.05, 0) is 48.9 Å². The fourth-order valence-corrected chi connectivity index (χ4v) is 2.82. The van der Waals surface area contributed by atoms with E-state index in [0.717, 1.165) is 24.6 Å². The summed E-state index contributed by atoms with van der Waals surface area (Å²) in [4.78, 5) is 0. The first-order valence-corrected chi connectivity index (χ1v) is 7.03. The Kier molecular flexibility index (Phi) is 3.68. The number of hydrogen-bond donors (Lipinski definition) is 1. The fraction of sp³-hybridized carbons (Fsp3) is 0.294. The van der Waals surface area contributed by atoms with Crippen LogP contribution in [0.3, 0.4) is 0 Å². The molecule has 1 nitrogen and oxygen atoms in total. The summed E-state index contributed by atoms with van der Waals surface area (Å²) in [6.45, 7) is 0.306. The molecular formula is C17H17F2N. The van der Waals surface area contributed by atoms with Crippen LogP contribution in [0.1, 0.15) is 29.5 Å². The largest absolute Gasteiger partial charge is 0.381 e. The molecule has 1 aliphatic carbocycles. The van der Waals surface area contributed by atoms with Crippen molar-refractivity contribution in [2.24, 2.45) is 0 Å². The van der Waals surface area contributed by atoms with Gasteiger partial charge >= 0.3 is 0 Å². The number of halogens is 2. The van der Waals surface area contributed by atoms with Crippen LogP contribution < -0.4 is 5.32 Å². The van der Waals surface area contributed by atoms with Crippen LogP contribution in [0.25, 0.3) is 0 Å². The predicted octanol–water partition coefficient (Wildman–Crippen LogP) is 4.46. The molecule has 0 aromatic heterocycles. The van der Waals surface area contributed by atoms with E-state index in [9.17, 15) is 8.78 Å². The molecule has 2 aromatic carbocycles. The van der Waals surface area contributed by atoms with Crippen LogP contribution in [0, 0.1) is 11.6 Å². The van der Waals surface area contributed by atoms with E-state index < -0.39 is 11.6 Å². The van der Waals surface area contributed by atoms with E-state index in [0.29, 0.717) is 12.1 Å². The van der Waals surface area contributed by atoms with Gasteiger partial charge in [0, 0.05) is 17.8 Å². The molecule has 3 rings (SSSR count). The molecule has 0 saturated heterocycles. The highest BCUT2D eigenvalue weighted by molar-refractivity contribution is 5.55. The van der Waals surface area contributed by atoms with Crippen molar-refractivity contribution in [1.82, 2.24) is 0 Å². The van der Waals surface area contributed by atoms with Gasteiger partial charge in [0.05, 0.1) is 0 Å². The van der Waals surface area contributed by atoms with Gasteiger partial charge in [0.2, 0.25) is 0 Å². The van der Waals surface area contributed by atoms with Gasteiger partial charge in [-0.3, -0.25) is 0 Å². The summed E-state index contributed by atoms with van der Waals surface area (Å²) in [5, 5.41) is 3.25. The molecule has 3 heteroatoms. The molecule has 1 N–H and O–H groups in total. The third kappa shape index (κ3) is 2.53. The highest BCUT2D eigenvalue weighted by atomic mass is 19.2. The Morgan fingerprint density at radius 1 is 0.950 bits per heavy atom. The van der Waals surface area contributed by atoms with E-state index in [1.807, 2.05) is 12.1 Å². The Labute approximate surface area is 117 Å². The van der Waals surface area contributed by atoms with Crippen molar-refractivity contribution >= 4 is 5.69 Å². The van der Waals surface area contributed by atoms with Crippen LogP contribution in [0.4, 0.5) is 14.5 Å². The van der Waals surface area contributed by atoms with Crippen molar-refractivity contribution in [2.75, 3.05) is 5.32 Å². The SMILES string of the molecule is Fc1cccc(CNc2cccc3c2CCCC3)c1F. The van der Waals surface area contributed by atoms with Gasteiger partial charge in [-0.15, -0.1) is 0 Å². The Hall–Kier alpha value is -1.90. The van der Waals surface area contributed by atoms with Crippen molar-refractivity contribution in [3.8, 4) is 0 Å². The minimum absolute atomic E-state index is 0.306. The second kappa shape index (κ2) is 5.61. The second-order valence-corrected chi connectivity index (χ2v) is 5.22. The third-order valence-corrected chi connectivity index (χ3v) is 3.90. The zero-order valence-corrected chi connectivity index (χ0v) is 11.3. The molecule has 20 heavy (non-hydrogen) atoms. The van der Waals surface area contributed by atoms with Crippen LogP contribution >= 0.6 is 0 Å². The van der Waals surface area contributed by atoms with Crippen LogP contribution in [0.5, 0.6) is 0 Å². The molecule has 0 spiro atoms. The van der Waals surface area contributed by atoms with Crippen molar-refractivity contribution < 1.29 is 8.78 Å². The summed E-state index contributed by atoms with van der Waals surface area (Å²) in [7, 11) is 0. The monoisotopic (exact) mass is 273 g/mol. The Balaban J connectivity index is 1.80. The minimum atomic E-state index is -0.792. The maximum atomic E-state index is 13.6. The molecule has 104 valence electrons. The molecule has 0 atom stereocenters. The summed E-state index contributed by atoms with van der Waals surface area (Å²) < 4.78 is 26.8. The molecule has 0 fully saturated rings. The first kappa shape index (κ1) is 13.1. The van der Waals surface area contributed by atoms with Gasteiger partial charge in [0.15, 0.2) is 11.6 Å². The Morgan fingerprint density at radius 3 is 2.65 bits per heavy atom. The van der Waals surface area contributed by atoms with Gasteiger partial charge in [-0.25, -0.2) is 8.78 Å². The minimum Gasteiger partial charge on any atom is -0.381 e. The zero-order valence-electron chi connectivity index (χ0n) is 11.3. The van der Waals surface area contributed by atoms with Gasteiger partial charge in [-0.1, -0.05) is 24.3 Å². The van der Waals surface area contributed by atoms with Gasteiger partial charge in [0.1, 0.15) is 0 Å². The number of nitrogens with one attached hydrogen (secondary N) is 1. The molecule has 0 aliphatic heterocycles. The lowest BCUT2D eigenvalue weighted by atomic mass is 9.90. The van der Waals surface area contributed by atoms with E-state index in [4.69, 9.17) is 0 Å². The van der Waals surface area contributed by atoms with E-state index >= 15 is 0 Å². The summed E-state index contributed by atoms with van der Waals surface area (Å²) in [5.41, 5.74) is 4.11. The summed E-state index contributed by atoms with van der Waals surface area (Å²) in [6.07, 6.45) is 4.60. The van der Waals surface area contributed by atoms with Crippen LogP contribution in [-0.2, 0) is 19.4 Å². The Bertz CT molecular complexity index is 622. The summed E-state index contributed by atoms with van der Waals surface area (Å²) in [6, 6.07) is 10.5. The first-order chi connectivity index (χ1) is 9.75. The van der Waals surface area contributed by atoms with E-state index in [-0.39, 0.29) is 0 Å². The van der Waals surface area contributed by atoms with Gasteiger partial charge in [0.25, 0.3) is 0 Å². The lowest BCUT2D eigenvalue weighted by Crippen LogP contribution is -2.09. The van der Waals surface area contributed by atoms with Gasteiger partial charge < -0.3 is 5.32 Å². The maximum Gasteiger partial charge on any atom is 0.163 e. The zero-order chi connectivity index (χ0) is 13.9. The van der Waals surface area contributed by atoms with Crippen molar-refractivity contribution in [3.63, 3.8) is 0 Å². The van der Waals surface area contributed by atoms with Crippen LogP contribution in [-0.4, -0.2) is 0 Å². The topological polar surface area (TPSA) is 12.0 Å². The third-order valence-electron chi connectivity index (χ3n) is 3.90. The molecule has 0 heterocycles. The van der Waals surface area contributed by atoms with E-state index in [1.165, 1.54) is 30.0 Å². The molecule has 2 aromatic rings. The molecule has 0 bridgehead atoms. The average molecular weight is 273 g/mol. The smallest absolute Gasteiger partial charge is 0.163 e. The lowest BCUT2D eigenvalue weighted by molar-refractivity contribution is 0.500. The van der Waals surface area contributed by atoms with Crippen molar-refractivity contribution in [1.29, 1.82) is 0 Å². The first-order valence-electron chi connectivity index (χ1n) is 7.03. The number of hydrogen-bond acceptors (Lipinski definition) is 1. The molecule has 1 aliphatic rings. The Morgan fingerprint density at radius 2 is 1.75 bits per heavy atom. The molecule has 0 saturated carbocycles. The highest BCUT2D eigenvalue weighted by Gasteiger charge is 2.13. The second-order valence-electron chi connectivity index (χ2n) is 5.22. The van der Waals surface area contributed by atoms with Crippen LogP contribution in [0.15, 0.2) is 36.4 Å². The molecular weight excluding hydrogens is 256 g/mol. The normalized spacial score (nSPS) is 13.9. The quantitative estimate of drug-likeness (QED) is 0.870. The summed E-state index contributed by atoms with van der Waals surface area (Å²) >= 11 is 0. The van der Waals surface area contributed by atoms with Crippen LogP contribution in [0.2, 0.25) is 0 Å². The predicted molar refractivity (Wildman–Crippen MR) is 76.8 cm³/mol. The number of fused-ring (bicyclic) bond motifs is 1. The molecule has 0 radical (unpaired) electrons. The molecule has 0 unspecified atom stereocenters. The number of benzene rings is 2.